The summed E-state index contributed by atoms with van der Waals surface area (Å²) in [6, 6.07) is 0. The summed E-state index contributed by atoms with van der Waals surface area (Å²) in [4.78, 5) is 26.2. The smallest absolute Gasteiger partial charge is 0.223 e. The number of aliphatic hydroxyl groups excluding tert-OH is 1. The molecule has 6 aliphatic carbocycles. The molecule has 2 spiro atoms. The summed E-state index contributed by atoms with van der Waals surface area (Å²) in [7, 11) is 0. The van der Waals surface area contributed by atoms with E-state index in [9.17, 15) is 14.7 Å². The van der Waals surface area contributed by atoms with Gasteiger partial charge < -0.3 is 34.7 Å². The van der Waals surface area contributed by atoms with E-state index in [1.165, 1.54) is 25.7 Å². The topological polar surface area (TPSA) is 111 Å². The van der Waals surface area contributed by atoms with Crippen molar-refractivity contribution in [3.63, 3.8) is 0 Å². The van der Waals surface area contributed by atoms with Gasteiger partial charge in [-0.3, -0.25) is 4.79 Å². The van der Waals surface area contributed by atoms with Crippen LogP contribution in [0.4, 0.5) is 0 Å². The van der Waals surface area contributed by atoms with Crippen LogP contribution in [-0.4, -0.2) is 78.1 Å². The summed E-state index contributed by atoms with van der Waals surface area (Å²) < 4.78 is 19.4. The van der Waals surface area contributed by atoms with Gasteiger partial charge in [-0.15, -0.1) is 0 Å². The summed E-state index contributed by atoms with van der Waals surface area (Å²) in [5.41, 5.74) is 7.26. The monoisotopic (exact) mass is 612 g/mol. The molecule has 1 amide bonds. The first-order chi connectivity index (χ1) is 20.9. The minimum Gasteiger partial charge on any atom is -0.388 e. The lowest BCUT2D eigenvalue weighted by Gasteiger charge is -2.63. The van der Waals surface area contributed by atoms with Crippen LogP contribution in [0.5, 0.6) is 0 Å². The summed E-state index contributed by atoms with van der Waals surface area (Å²) >= 11 is 0. The van der Waals surface area contributed by atoms with Crippen molar-refractivity contribution in [3.05, 3.63) is 0 Å². The maximum atomic E-state index is 12.8. The van der Waals surface area contributed by atoms with Crippen LogP contribution in [0, 0.1) is 51.2 Å². The Bertz CT molecular complexity index is 1190. The Kier molecular flexibility index (Phi) is 6.87. The molecule has 8 heteroatoms. The van der Waals surface area contributed by atoms with Crippen molar-refractivity contribution in [2.45, 2.75) is 141 Å². The third-order valence-corrected chi connectivity index (χ3v) is 15.5. The highest BCUT2D eigenvalue weighted by Crippen LogP contribution is 2.87. The fourth-order valence-corrected chi connectivity index (χ4v) is 13.3. The molecular weight excluding hydrogens is 556 g/mol. The van der Waals surface area contributed by atoms with E-state index in [4.69, 9.17) is 19.9 Å². The van der Waals surface area contributed by atoms with Crippen molar-refractivity contribution >= 4 is 12.2 Å². The Labute approximate surface area is 263 Å². The van der Waals surface area contributed by atoms with Gasteiger partial charge in [-0.25, -0.2) is 0 Å². The summed E-state index contributed by atoms with van der Waals surface area (Å²) in [6.07, 6.45) is 11.7. The van der Waals surface area contributed by atoms with Crippen molar-refractivity contribution in [3.8, 4) is 0 Å². The zero-order valence-corrected chi connectivity index (χ0v) is 27.5. The Morgan fingerprint density at radius 1 is 1.07 bits per heavy atom. The first-order valence-corrected chi connectivity index (χ1v) is 18.0. The number of aliphatic hydroxyl groups is 1. The molecule has 246 valence electrons. The standard InChI is InChI=1S/C36H56N2O6/c1-21-17-23(10-15-39)43-30-29(21)33(4)12-13-35-20-34(35)11-9-26(32(2,3)24(34)7-8-25(35)36(33,37)31(30)41)44-28-19-38(14-16-42-28)27(40)18-22-5-6-22/h15,21-26,28-31,41H,5-14,16-20,37H2,1-4H3. The number of morpholine rings is 1. The van der Waals surface area contributed by atoms with Gasteiger partial charge in [0.25, 0.3) is 0 Å². The number of amides is 1. The number of nitrogens with zero attached hydrogens (tertiary/aromatic N) is 1. The maximum absolute atomic E-state index is 12.8. The molecule has 8 rings (SSSR count). The average molecular weight is 613 g/mol. The Morgan fingerprint density at radius 2 is 1.82 bits per heavy atom. The Balaban J connectivity index is 1.01. The molecule has 0 aromatic heterocycles. The van der Waals surface area contributed by atoms with Crippen LogP contribution in [0.25, 0.3) is 0 Å². The zero-order chi connectivity index (χ0) is 30.9. The van der Waals surface area contributed by atoms with Crippen molar-refractivity contribution in [2.75, 3.05) is 19.7 Å². The molecule has 13 atom stereocenters. The number of nitrogens with two attached hydrogens (primary N) is 1. The van der Waals surface area contributed by atoms with Crippen LogP contribution < -0.4 is 5.73 Å². The van der Waals surface area contributed by atoms with Crippen LogP contribution in [0.1, 0.15) is 105 Å². The van der Waals surface area contributed by atoms with E-state index in [0.717, 1.165) is 44.8 Å². The van der Waals surface area contributed by atoms with Crippen molar-refractivity contribution in [1.29, 1.82) is 0 Å². The number of hydrogen-bond donors (Lipinski definition) is 2. The molecule has 2 saturated heterocycles. The van der Waals surface area contributed by atoms with Crippen molar-refractivity contribution < 1.29 is 28.9 Å². The molecule has 0 bridgehead atoms. The number of fused-ring (bicyclic) bond motifs is 4. The molecule has 8 fully saturated rings. The molecule has 6 saturated carbocycles. The summed E-state index contributed by atoms with van der Waals surface area (Å²) in [5.74, 6) is 2.28. The molecule has 3 N–H and O–H groups in total. The lowest BCUT2D eigenvalue weighted by Crippen LogP contribution is -2.70. The number of hydrogen-bond acceptors (Lipinski definition) is 7. The lowest BCUT2D eigenvalue weighted by atomic mass is 9.43. The highest BCUT2D eigenvalue weighted by atomic mass is 16.7. The van der Waals surface area contributed by atoms with Gasteiger partial charge in [0.2, 0.25) is 5.91 Å². The quantitative estimate of drug-likeness (QED) is 0.427. The maximum Gasteiger partial charge on any atom is 0.223 e. The fourth-order valence-electron chi connectivity index (χ4n) is 13.3. The van der Waals surface area contributed by atoms with Gasteiger partial charge in [0.05, 0.1) is 43.1 Å². The van der Waals surface area contributed by atoms with Crippen LogP contribution >= 0.6 is 0 Å². The van der Waals surface area contributed by atoms with E-state index >= 15 is 0 Å². The number of rotatable bonds is 6. The number of ether oxygens (including phenoxy) is 3. The minimum absolute atomic E-state index is 0.0130. The van der Waals surface area contributed by atoms with Gasteiger partial charge in [0, 0.05) is 19.4 Å². The SMILES string of the molecule is CC1CC(CC=O)OC2C1C1(C)CCC34CC35CCC(OC3CN(C(=O)CC6CC6)CCO3)C(C)(C)C5CCC4C1(N)C2O. The van der Waals surface area contributed by atoms with E-state index < -0.39 is 11.6 Å². The Hall–Kier alpha value is -1.06. The normalized spacial score (nSPS) is 53.9. The van der Waals surface area contributed by atoms with Crippen LogP contribution in [-0.2, 0) is 23.8 Å². The van der Waals surface area contributed by atoms with E-state index in [2.05, 4.69) is 27.7 Å². The minimum atomic E-state index is -0.701. The van der Waals surface area contributed by atoms with E-state index in [0.29, 0.717) is 50.3 Å². The molecule has 8 aliphatic rings. The molecule has 0 aromatic carbocycles. The predicted octanol–water partition coefficient (Wildman–Crippen LogP) is 4.45. The highest BCUT2D eigenvalue weighted by Gasteiger charge is 2.85. The van der Waals surface area contributed by atoms with Gasteiger partial charge in [0.15, 0.2) is 6.29 Å². The van der Waals surface area contributed by atoms with Crippen LogP contribution in [0.3, 0.4) is 0 Å². The average Bonchev–Trinajstić information content (AvgIpc) is 3.90. The van der Waals surface area contributed by atoms with Crippen molar-refractivity contribution in [2.24, 2.45) is 57.0 Å². The lowest BCUT2D eigenvalue weighted by molar-refractivity contribution is -0.245. The van der Waals surface area contributed by atoms with Crippen LogP contribution in [0.15, 0.2) is 0 Å². The van der Waals surface area contributed by atoms with Crippen LogP contribution in [0.2, 0.25) is 0 Å². The van der Waals surface area contributed by atoms with Gasteiger partial charge in [0.1, 0.15) is 6.29 Å². The highest BCUT2D eigenvalue weighted by molar-refractivity contribution is 5.76. The zero-order valence-electron chi connectivity index (χ0n) is 27.5. The van der Waals surface area contributed by atoms with E-state index in [1.54, 1.807) is 0 Å². The third-order valence-electron chi connectivity index (χ3n) is 15.5. The van der Waals surface area contributed by atoms with E-state index in [-0.39, 0.29) is 64.0 Å². The molecule has 44 heavy (non-hydrogen) atoms. The van der Waals surface area contributed by atoms with Crippen molar-refractivity contribution in [1.82, 2.24) is 4.90 Å². The molecule has 2 aliphatic heterocycles. The first-order valence-electron chi connectivity index (χ1n) is 18.0. The second-order valence-corrected chi connectivity index (χ2v) is 17.6. The molecular formula is C36H56N2O6. The molecule has 2 heterocycles. The van der Waals surface area contributed by atoms with E-state index in [1.807, 2.05) is 4.90 Å². The van der Waals surface area contributed by atoms with Gasteiger partial charge >= 0.3 is 0 Å². The van der Waals surface area contributed by atoms with Gasteiger partial charge in [-0.2, -0.15) is 0 Å². The number of aldehydes is 1. The fraction of sp³-hybridized carbons (Fsp3) is 0.944. The molecule has 8 nitrogen and oxygen atoms in total. The second-order valence-electron chi connectivity index (χ2n) is 17.6. The van der Waals surface area contributed by atoms with Gasteiger partial charge in [-0.1, -0.05) is 27.7 Å². The largest absolute Gasteiger partial charge is 0.388 e. The Morgan fingerprint density at radius 3 is 2.57 bits per heavy atom. The molecule has 0 radical (unpaired) electrons. The predicted molar refractivity (Wildman–Crippen MR) is 164 cm³/mol. The number of carbonyl (C=O) groups excluding carboxylic acids is 2. The molecule has 0 aromatic rings. The molecule has 13 unspecified atom stereocenters. The third kappa shape index (κ3) is 3.93. The van der Waals surface area contributed by atoms with Gasteiger partial charge in [-0.05, 0) is 115 Å². The summed E-state index contributed by atoms with van der Waals surface area (Å²) in [6.45, 7) is 11.3. The first kappa shape index (κ1) is 30.3. The number of carbonyl (C=O) groups is 2. The second kappa shape index (κ2) is 9.98. The summed E-state index contributed by atoms with van der Waals surface area (Å²) in [5, 5.41) is 12.2.